The molecule has 5 rings (SSSR count). The second kappa shape index (κ2) is 9.26. The highest BCUT2D eigenvalue weighted by atomic mass is 35.5. The molecule has 0 saturated carbocycles. The van der Waals surface area contributed by atoms with Crippen LogP contribution in [0.1, 0.15) is 37.8 Å². The third kappa shape index (κ3) is 4.54. The normalized spacial score (nSPS) is 20.6. The first-order valence-electron chi connectivity index (χ1n) is 11.6. The Bertz CT molecular complexity index is 1300. The van der Waals surface area contributed by atoms with Gasteiger partial charge in [0.1, 0.15) is 12.4 Å². The van der Waals surface area contributed by atoms with Crippen LogP contribution in [-0.2, 0) is 21.6 Å². The lowest BCUT2D eigenvalue weighted by molar-refractivity contribution is -0.117. The van der Waals surface area contributed by atoms with Gasteiger partial charge in [-0.05, 0) is 66.9 Å². The van der Waals surface area contributed by atoms with Crippen molar-refractivity contribution in [3.8, 4) is 5.75 Å². The summed E-state index contributed by atoms with van der Waals surface area (Å²) in [5.41, 5.74) is 4.17. The Morgan fingerprint density at radius 1 is 1.20 bits per heavy atom. The van der Waals surface area contributed by atoms with Crippen LogP contribution in [0, 0.1) is 0 Å². The molecule has 0 radical (unpaired) electrons. The third-order valence-electron chi connectivity index (χ3n) is 6.67. The molecule has 1 amide bonds. The van der Waals surface area contributed by atoms with Crippen molar-refractivity contribution in [2.75, 3.05) is 11.9 Å². The topological polar surface area (TPSA) is 79.8 Å². The molecular formula is C27H25Cl2N3O3. The van der Waals surface area contributed by atoms with E-state index in [1.165, 1.54) is 0 Å². The van der Waals surface area contributed by atoms with Gasteiger partial charge in [0.15, 0.2) is 0 Å². The highest BCUT2D eigenvalue weighted by Crippen LogP contribution is 2.47. The summed E-state index contributed by atoms with van der Waals surface area (Å²) in [6, 6.07) is 13.2. The Hall–Kier alpha value is -2.93. The summed E-state index contributed by atoms with van der Waals surface area (Å²) in [5, 5.41) is 6.33. The van der Waals surface area contributed by atoms with E-state index in [1.54, 1.807) is 6.08 Å². The maximum absolute atomic E-state index is 12.4. The number of anilines is 1. The number of nitrogens with zero attached hydrogens (tertiary/aromatic N) is 1. The molecule has 3 aliphatic rings. The molecule has 8 heteroatoms. The molecule has 1 aliphatic carbocycles. The number of rotatable bonds is 5. The van der Waals surface area contributed by atoms with Gasteiger partial charge in [-0.1, -0.05) is 49.2 Å². The molecule has 1 fully saturated rings. The van der Waals surface area contributed by atoms with Gasteiger partial charge in [0.25, 0.3) is 0 Å². The van der Waals surface area contributed by atoms with Crippen molar-refractivity contribution in [2.45, 2.75) is 44.8 Å². The van der Waals surface area contributed by atoms with Crippen molar-refractivity contribution in [1.29, 1.82) is 0 Å². The number of nitrogens with one attached hydrogen (secondary N) is 2. The number of amides is 1. The van der Waals surface area contributed by atoms with Gasteiger partial charge in [-0.3, -0.25) is 9.59 Å². The van der Waals surface area contributed by atoms with Gasteiger partial charge < -0.3 is 15.4 Å². The molecular weight excluding hydrogens is 485 g/mol. The molecule has 2 heterocycles. The summed E-state index contributed by atoms with van der Waals surface area (Å²) < 4.78 is 6.06. The molecule has 1 saturated heterocycles. The van der Waals surface area contributed by atoms with Crippen LogP contribution in [0.25, 0.3) is 0 Å². The minimum absolute atomic E-state index is 0.00152. The van der Waals surface area contributed by atoms with Crippen molar-refractivity contribution < 1.29 is 14.3 Å². The van der Waals surface area contributed by atoms with E-state index in [2.05, 4.69) is 15.6 Å². The van der Waals surface area contributed by atoms with Crippen molar-refractivity contribution in [3.63, 3.8) is 0 Å². The van der Waals surface area contributed by atoms with E-state index in [-0.39, 0.29) is 27.8 Å². The second-order valence-electron chi connectivity index (χ2n) is 9.44. The number of ketones is 1. The van der Waals surface area contributed by atoms with Crippen LogP contribution in [0.4, 0.5) is 11.4 Å². The number of allylic oxidation sites excluding steroid dienone is 4. The Morgan fingerprint density at radius 3 is 2.69 bits per heavy atom. The Labute approximate surface area is 214 Å². The number of hydrogen-bond acceptors (Lipinski definition) is 5. The number of carbonyl (C=O) groups is 2. The quantitative estimate of drug-likeness (QED) is 0.520. The van der Waals surface area contributed by atoms with Crippen LogP contribution >= 0.6 is 23.2 Å². The minimum Gasteiger partial charge on any atom is -0.489 e. The van der Waals surface area contributed by atoms with E-state index in [4.69, 9.17) is 27.9 Å². The number of carbonyl (C=O) groups excluding carboxylic acids is 2. The first kappa shape index (κ1) is 23.8. The Balaban J connectivity index is 1.30. The maximum atomic E-state index is 12.4. The van der Waals surface area contributed by atoms with Gasteiger partial charge in [0.05, 0.1) is 27.5 Å². The van der Waals surface area contributed by atoms with E-state index < -0.39 is 5.41 Å². The van der Waals surface area contributed by atoms with Crippen LogP contribution in [0.3, 0.4) is 0 Å². The van der Waals surface area contributed by atoms with Crippen LogP contribution in [0.2, 0.25) is 0 Å². The van der Waals surface area contributed by atoms with Crippen LogP contribution < -0.4 is 15.4 Å². The third-order valence-corrected chi connectivity index (χ3v) is 7.31. The highest BCUT2D eigenvalue weighted by Gasteiger charge is 2.40. The zero-order chi connectivity index (χ0) is 24.7. The number of fused-ring (bicyclic) bond motifs is 2. The zero-order valence-electron chi connectivity index (χ0n) is 19.5. The molecule has 2 aromatic carbocycles. The van der Waals surface area contributed by atoms with Gasteiger partial charge in [0, 0.05) is 16.7 Å². The fraction of sp³-hybridized carbons (Fsp3) is 0.296. The van der Waals surface area contributed by atoms with E-state index >= 15 is 0 Å². The molecule has 2 aromatic rings. The summed E-state index contributed by atoms with van der Waals surface area (Å²) in [6.45, 7) is 5.27. The number of aliphatic imine (C=N–C) groups is 1. The number of Topliss-reactive ketones (excluding diaryl/α,β-unsaturated/α-hetero) is 1. The van der Waals surface area contributed by atoms with Crippen molar-refractivity contribution in [1.82, 2.24) is 5.32 Å². The minimum atomic E-state index is -0.555. The molecule has 0 aromatic heterocycles. The monoisotopic (exact) mass is 509 g/mol. The van der Waals surface area contributed by atoms with Crippen LogP contribution in [-0.4, -0.2) is 30.0 Å². The number of hydrogen-bond donors (Lipinski definition) is 2. The number of ether oxygens (including phenoxy) is 1. The Morgan fingerprint density at radius 2 is 1.97 bits per heavy atom. The average molecular weight is 510 g/mol. The van der Waals surface area contributed by atoms with Gasteiger partial charge >= 0.3 is 0 Å². The summed E-state index contributed by atoms with van der Waals surface area (Å²) in [6.07, 6.45) is 3.47. The predicted octanol–water partition coefficient (Wildman–Crippen LogP) is 5.52. The molecule has 0 bridgehead atoms. The lowest BCUT2D eigenvalue weighted by Gasteiger charge is -2.36. The molecule has 0 spiro atoms. The van der Waals surface area contributed by atoms with Crippen LogP contribution in [0.15, 0.2) is 69.2 Å². The van der Waals surface area contributed by atoms with Crippen LogP contribution in [0.5, 0.6) is 5.75 Å². The van der Waals surface area contributed by atoms with Gasteiger partial charge in [-0.2, -0.15) is 0 Å². The summed E-state index contributed by atoms with van der Waals surface area (Å²) >= 11 is 12.5. The summed E-state index contributed by atoms with van der Waals surface area (Å²) in [5.74, 6) is 0.305. The largest absolute Gasteiger partial charge is 0.489 e. The van der Waals surface area contributed by atoms with E-state index in [0.29, 0.717) is 23.6 Å². The smallest absolute Gasteiger partial charge is 0.241 e. The average Bonchev–Trinajstić information content (AvgIpc) is 3.37. The molecule has 6 nitrogen and oxygen atoms in total. The zero-order valence-corrected chi connectivity index (χ0v) is 21.0. The maximum Gasteiger partial charge on any atom is 0.241 e. The Kier molecular flexibility index (Phi) is 6.30. The fourth-order valence-corrected chi connectivity index (χ4v) is 5.41. The molecule has 1 atom stereocenters. The molecule has 35 heavy (non-hydrogen) atoms. The molecule has 2 aliphatic heterocycles. The fourth-order valence-electron chi connectivity index (χ4n) is 4.73. The lowest BCUT2D eigenvalue weighted by atomic mass is 9.71. The van der Waals surface area contributed by atoms with E-state index in [1.807, 2.05) is 56.3 Å². The second-order valence-corrected chi connectivity index (χ2v) is 10.2. The molecule has 180 valence electrons. The predicted molar refractivity (Wildman–Crippen MR) is 139 cm³/mol. The SMILES string of the molecule is CC1(C)C2=C(Cl)C(=O)C(Cl)=CC2=Nc2ccc(OCc3ccc(NC(=O)C4CCCN4)cc3)cc21. The van der Waals surface area contributed by atoms with E-state index in [9.17, 15) is 9.59 Å². The molecule has 2 N–H and O–H groups in total. The van der Waals surface area contributed by atoms with E-state index in [0.717, 1.165) is 41.9 Å². The van der Waals surface area contributed by atoms with Crippen molar-refractivity contribution >= 4 is 52.0 Å². The standard InChI is InChI=1S/C27H25Cl2N3O3/c1-27(2)18-12-17(9-10-20(18)32-22-13-19(28)25(33)24(29)23(22)27)35-14-15-5-7-16(8-6-15)31-26(34)21-4-3-11-30-21/h5-10,12-13,21,30H,3-4,11,14H2,1-2H3,(H,31,34). The van der Waals surface area contributed by atoms with Gasteiger partial charge in [-0.15, -0.1) is 0 Å². The summed E-state index contributed by atoms with van der Waals surface area (Å²) in [7, 11) is 0. The van der Waals surface area contributed by atoms with Crippen molar-refractivity contribution in [2.24, 2.45) is 4.99 Å². The molecule has 1 unspecified atom stereocenters. The number of benzene rings is 2. The first-order chi connectivity index (χ1) is 16.7. The lowest BCUT2D eigenvalue weighted by Crippen LogP contribution is -2.35. The first-order valence-corrected chi connectivity index (χ1v) is 12.3. The van der Waals surface area contributed by atoms with Gasteiger partial charge in [0.2, 0.25) is 11.7 Å². The highest BCUT2D eigenvalue weighted by molar-refractivity contribution is 6.58. The van der Waals surface area contributed by atoms with Crippen molar-refractivity contribution in [3.05, 3.63) is 75.3 Å². The number of halogens is 2. The van der Waals surface area contributed by atoms with Gasteiger partial charge in [-0.25, -0.2) is 4.99 Å². The summed E-state index contributed by atoms with van der Waals surface area (Å²) in [4.78, 5) is 29.3.